The molecular weight excluding hydrogens is 250 g/mol. The van der Waals surface area contributed by atoms with E-state index in [2.05, 4.69) is 17.2 Å². The van der Waals surface area contributed by atoms with Gasteiger partial charge in [-0.25, -0.2) is 0 Å². The summed E-state index contributed by atoms with van der Waals surface area (Å²) >= 11 is 0. The highest BCUT2D eigenvalue weighted by atomic mass is 16.2. The molecule has 1 amide bonds. The lowest BCUT2D eigenvalue weighted by molar-refractivity contribution is -0.119. The van der Waals surface area contributed by atoms with Gasteiger partial charge >= 0.3 is 0 Å². The van der Waals surface area contributed by atoms with E-state index in [1.807, 2.05) is 32.0 Å². The van der Waals surface area contributed by atoms with Crippen molar-refractivity contribution in [1.82, 2.24) is 0 Å². The Morgan fingerprint density at radius 1 is 1.45 bits per heavy atom. The van der Waals surface area contributed by atoms with E-state index in [0.29, 0.717) is 12.3 Å². The largest absolute Gasteiger partial charge is 0.395 e. The van der Waals surface area contributed by atoms with Crippen LogP contribution >= 0.6 is 0 Å². The average molecular weight is 271 g/mol. The Morgan fingerprint density at radius 3 is 2.85 bits per heavy atom. The number of rotatable bonds is 4. The molecule has 106 valence electrons. The zero-order valence-corrected chi connectivity index (χ0v) is 12.1. The highest BCUT2D eigenvalue weighted by molar-refractivity contribution is 5.93. The first-order valence-electron chi connectivity index (χ1n) is 7.12. The summed E-state index contributed by atoms with van der Waals surface area (Å²) in [7, 11) is 0. The highest BCUT2D eigenvalue weighted by Gasteiger charge is 2.32. The summed E-state index contributed by atoms with van der Waals surface area (Å²) in [6, 6.07) is 5.81. The van der Waals surface area contributed by atoms with Crippen LogP contribution in [0.3, 0.4) is 0 Å². The average Bonchev–Trinajstić information content (AvgIpc) is 3.21. The first kappa shape index (κ1) is 14.6. The molecule has 3 nitrogen and oxygen atoms in total. The van der Waals surface area contributed by atoms with Gasteiger partial charge in [-0.3, -0.25) is 4.79 Å². The molecule has 0 bridgehead atoms. The van der Waals surface area contributed by atoms with Gasteiger partial charge in [-0.2, -0.15) is 0 Å². The van der Waals surface area contributed by atoms with E-state index >= 15 is 0 Å². The summed E-state index contributed by atoms with van der Waals surface area (Å²) in [6.45, 7) is 4.04. The van der Waals surface area contributed by atoms with E-state index < -0.39 is 0 Å². The van der Waals surface area contributed by atoms with Crippen LogP contribution in [0.4, 0.5) is 5.69 Å². The highest BCUT2D eigenvalue weighted by Crippen LogP contribution is 2.37. The molecule has 20 heavy (non-hydrogen) atoms. The molecule has 1 aromatic carbocycles. The lowest BCUT2D eigenvalue weighted by Crippen LogP contribution is -2.21. The molecule has 0 aromatic heterocycles. The van der Waals surface area contributed by atoms with Crippen molar-refractivity contribution in [3.05, 3.63) is 29.3 Å². The third-order valence-electron chi connectivity index (χ3n) is 3.56. The topological polar surface area (TPSA) is 49.3 Å². The van der Waals surface area contributed by atoms with Crippen LogP contribution in [0, 0.1) is 30.6 Å². The van der Waals surface area contributed by atoms with Crippen molar-refractivity contribution in [1.29, 1.82) is 0 Å². The summed E-state index contributed by atoms with van der Waals surface area (Å²) < 4.78 is 0. The monoisotopic (exact) mass is 271 g/mol. The van der Waals surface area contributed by atoms with E-state index in [1.54, 1.807) is 0 Å². The van der Waals surface area contributed by atoms with Gasteiger partial charge in [0, 0.05) is 23.6 Å². The number of hydrogen-bond donors (Lipinski definition) is 2. The molecule has 0 saturated heterocycles. The van der Waals surface area contributed by atoms with Crippen LogP contribution in [0.1, 0.15) is 37.3 Å². The molecule has 0 aliphatic heterocycles. The van der Waals surface area contributed by atoms with Crippen molar-refractivity contribution in [3.8, 4) is 11.8 Å². The number of carbonyl (C=O) groups excluding carboxylic acids is 1. The molecule has 3 heteroatoms. The van der Waals surface area contributed by atoms with Gasteiger partial charge in [0.1, 0.15) is 0 Å². The smallest absolute Gasteiger partial charge is 0.227 e. The summed E-state index contributed by atoms with van der Waals surface area (Å²) in [5.74, 6) is 6.63. The summed E-state index contributed by atoms with van der Waals surface area (Å²) in [5, 5.41) is 11.7. The standard InChI is InChI=1S/C17H21NO2/c1-12-9-14(5-3-4-8-19)11-16(10-12)18-17(20)13(2)15-6-7-15/h9-11,13,15,19H,4,6-8H2,1-2H3,(H,18,20). The minimum Gasteiger partial charge on any atom is -0.395 e. The van der Waals surface area contributed by atoms with Crippen LogP contribution < -0.4 is 5.32 Å². The quantitative estimate of drug-likeness (QED) is 0.827. The lowest BCUT2D eigenvalue weighted by atomic mass is 10.0. The minimum absolute atomic E-state index is 0.0707. The summed E-state index contributed by atoms with van der Waals surface area (Å²) in [6.07, 6.45) is 2.80. The molecule has 2 N–H and O–H groups in total. The molecule has 1 fully saturated rings. The molecule has 1 aliphatic rings. The molecule has 0 heterocycles. The Morgan fingerprint density at radius 2 is 2.20 bits per heavy atom. The lowest BCUT2D eigenvalue weighted by Gasteiger charge is -2.12. The fraction of sp³-hybridized carbons (Fsp3) is 0.471. The van der Waals surface area contributed by atoms with Crippen LogP contribution in [-0.4, -0.2) is 17.6 Å². The second-order valence-corrected chi connectivity index (χ2v) is 5.48. The number of aliphatic hydroxyl groups is 1. The zero-order chi connectivity index (χ0) is 14.5. The van der Waals surface area contributed by atoms with Crippen LogP contribution in [-0.2, 0) is 4.79 Å². The van der Waals surface area contributed by atoms with Crippen LogP contribution in [0.15, 0.2) is 18.2 Å². The molecular formula is C17H21NO2. The zero-order valence-electron chi connectivity index (χ0n) is 12.1. The number of carbonyl (C=O) groups is 1. The molecule has 2 rings (SSSR count). The van der Waals surface area contributed by atoms with Crippen molar-refractivity contribution >= 4 is 11.6 Å². The summed E-state index contributed by atoms with van der Waals surface area (Å²) in [4.78, 5) is 12.1. The van der Waals surface area contributed by atoms with Crippen LogP contribution in [0.5, 0.6) is 0 Å². The van der Waals surface area contributed by atoms with E-state index in [4.69, 9.17) is 5.11 Å². The number of aryl methyl sites for hydroxylation is 1. The SMILES string of the molecule is Cc1cc(C#CCCO)cc(NC(=O)C(C)C2CC2)c1. The molecule has 1 unspecified atom stereocenters. The van der Waals surface area contributed by atoms with Gasteiger partial charge in [-0.15, -0.1) is 0 Å². The molecule has 1 aliphatic carbocycles. The van der Waals surface area contributed by atoms with E-state index in [1.165, 1.54) is 12.8 Å². The van der Waals surface area contributed by atoms with Crippen molar-refractivity contribution in [2.24, 2.45) is 11.8 Å². The van der Waals surface area contributed by atoms with E-state index in [0.717, 1.165) is 16.8 Å². The van der Waals surface area contributed by atoms with Gasteiger partial charge in [0.15, 0.2) is 0 Å². The molecule has 0 radical (unpaired) electrons. The van der Waals surface area contributed by atoms with Gasteiger partial charge in [0.25, 0.3) is 0 Å². The van der Waals surface area contributed by atoms with Crippen molar-refractivity contribution in [2.75, 3.05) is 11.9 Å². The first-order valence-corrected chi connectivity index (χ1v) is 7.12. The minimum atomic E-state index is 0.0707. The van der Waals surface area contributed by atoms with Crippen LogP contribution in [0.25, 0.3) is 0 Å². The Bertz CT molecular complexity index is 550. The second kappa shape index (κ2) is 6.58. The first-order chi connectivity index (χ1) is 9.60. The number of amides is 1. The van der Waals surface area contributed by atoms with Crippen molar-refractivity contribution in [2.45, 2.75) is 33.1 Å². The Hall–Kier alpha value is -1.79. The third kappa shape index (κ3) is 4.11. The van der Waals surface area contributed by atoms with Gasteiger partial charge < -0.3 is 10.4 Å². The number of hydrogen-bond acceptors (Lipinski definition) is 2. The van der Waals surface area contributed by atoms with Crippen molar-refractivity contribution in [3.63, 3.8) is 0 Å². The van der Waals surface area contributed by atoms with Gasteiger partial charge in [0.05, 0.1) is 6.61 Å². The van der Waals surface area contributed by atoms with Crippen LogP contribution in [0.2, 0.25) is 0 Å². The maximum atomic E-state index is 12.1. The number of anilines is 1. The predicted molar refractivity (Wildman–Crippen MR) is 80.3 cm³/mol. The molecule has 1 aromatic rings. The Labute approximate surface area is 120 Å². The predicted octanol–water partition coefficient (Wildman–Crippen LogP) is 2.71. The van der Waals surface area contributed by atoms with E-state index in [9.17, 15) is 4.79 Å². The van der Waals surface area contributed by atoms with Gasteiger partial charge in [0.2, 0.25) is 5.91 Å². The fourth-order valence-corrected chi connectivity index (χ4v) is 2.21. The maximum Gasteiger partial charge on any atom is 0.227 e. The molecule has 1 atom stereocenters. The van der Waals surface area contributed by atoms with Gasteiger partial charge in [-0.05, 0) is 49.4 Å². The van der Waals surface area contributed by atoms with Crippen molar-refractivity contribution < 1.29 is 9.90 Å². The second-order valence-electron chi connectivity index (χ2n) is 5.48. The number of benzene rings is 1. The Kier molecular flexibility index (Phi) is 4.81. The molecule has 1 saturated carbocycles. The molecule has 0 spiro atoms. The fourth-order valence-electron chi connectivity index (χ4n) is 2.21. The number of aliphatic hydroxyl groups excluding tert-OH is 1. The maximum absolute atomic E-state index is 12.1. The summed E-state index contributed by atoms with van der Waals surface area (Å²) in [5.41, 5.74) is 2.73. The Balaban J connectivity index is 2.07. The third-order valence-corrected chi connectivity index (χ3v) is 3.56. The van der Waals surface area contributed by atoms with Gasteiger partial charge in [-0.1, -0.05) is 18.8 Å². The van der Waals surface area contributed by atoms with E-state index in [-0.39, 0.29) is 18.4 Å². The number of nitrogens with one attached hydrogen (secondary N) is 1. The normalized spacial score (nSPS) is 15.2.